The highest BCUT2D eigenvalue weighted by Crippen LogP contribution is 2.31. The molecule has 5 heteroatoms. The fraction of sp³-hybridized carbons (Fsp3) is 0.200. The summed E-state index contributed by atoms with van der Waals surface area (Å²) >= 11 is 0. The third-order valence-electron chi connectivity index (χ3n) is 2.98. The minimum absolute atomic E-state index is 0.599. The van der Waals surface area contributed by atoms with Crippen LogP contribution in [-0.4, -0.2) is 14.2 Å². The molecule has 104 valence electrons. The van der Waals surface area contributed by atoms with Gasteiger partial charge in [0.25, 0.3) is 0 Å². The van der Waals surface area contributed by atoms with E-state index in [0.29, 0.717) is 11.4 Å². The maximum absolute atomic E-state index is 5.84. The summed E-state index contributed by atoms with van der Waals surface area (Å²) in [6, 6.07) is 11.3. The predicted octanol–water partition coefficient (Wildman–Crippen LogP) is 4.04. The Balaban J connectivity index is 2.26. The Bertz CT molecular complexity index is 621. The summed E-state index contributed by atoms with van der Waals surface area (Å²) < 4.78 is 5.19. The number of hydrogen-bond acceptors (Lipinski definition) is 5. The number of azo groups is 1. The Morgan fingerprint density at radius 2 is 1.80 bits per heavy atom. The molecule has 0 aromatic heterocycles. The number of methoxy groups -OCH3 is 1. The van der Waals surface area contributed by atoms with E-state index in [2.05, 4.69) is 15.5 Å². The highest BCUT2D eigenvalue weighted by molar-refractivity contribution is 5.63. The van der Waals surface area contributed by atoms with Crippen LogP contribution in [0.25, 0.3) is 0 Å². The number of ether oxygens (including phenoxy) is 1. The molecular formula is C15H18N4O. The van der Waals surface area contributed by atoms with E-state index in [1.165, 1.54) is 0 Å². The molecule has 0 saturated heterocycles. The molecule has 3 N–H and O–H groups in total. The number of aryl methyl sites for hydroxylation is 1. The SMILES string of the molecule is CNc1ccc(N=Nc2cc(OC)c(N)cc2C)cc1. The minimum atomic E-state index is 0.599. The highest BCUT2D eigenvalue weighted by atomic mass is 16.5. The van der Waals surface area contributed by atoms with E-state index < -0.39 is 0 Å². The number of nitrogens with zero attached hydrogens (tertiary/aromatic N) is 2. The van der Waals surface area contributed by atoms with Gasteiger partial charge in [0.1, 0.15) is 5.75 Å². The van der Waals surface area contributed by atoms with Crippen LogP contribution in [0.15, 0.2) is 46.6 Å². The largest absolute Gasteiger partial charge is 0.495 e. The van der Waals surface area contributed by atoms with Gasteiger partial charge < -0.3 is 15.8 Å². The Labute approximate surface area is 118 Å². The molecule has 0 aliphatic heterocycles. The van der Waals surface area contributed by atoms with Crippen molar-refractivity contribution in [2.24, 2.45) is 10.2 Å². The molecule has 20 heavy (non-hydrogen) atoms. The quantitative estimate of drug-likeness (QED) is 0.650. The molecular weight excluding hydrogens is 252 g/mol. The van der Waals surface area contributed by atoms with Crippen LogP contribution in [0.3, 0.4) is 0 Å². The molecule has 0 atom stereocenters. The number of nitrogen functional groups attached to an aromatic ring is 1. The van der Waals surface area contributed by atoms with Gasteiger partial charge in [-0.25, -0.2) is 0 Å². The van der Waals surface area contributed by atoms with Crippen LogP contribution in [-0.2, 0) is 0 Å². The van der Waals surface area contributed by atoms with Crippen molar-refractivity contribution in [3.8, 4) is 5.75 Å². The van der Waals surface area contributed by atoms with Crippen molar-refractivity contribution in [2.45, 2.75) is 6.92 Å². The third-order valence-corrected chi connectivity index (χ3v) is 2.98. The second kappa shape index (κ2) is 6.06. The van der Waals surface area contributed by atoms with Crippen LogP contribution in [0.1, 0.15) is 5.56 Å². The maximum atomic E-state index is 5.84. The summed E-state index contributed by atoms with van der Waals surface area (Å²) in [4.78, 5) is 0. The Morgan fingerprint density at radius 1 is 1.10 bits per heavy atom. The van der Waals surface area contributed by atoms with Gasteiger partial charge >= 0.3 is 0 Å². The van der Waals surface area contributed by atoms with Gasteiger partial charge in [0.2, 0.25) is 0 Å². The predicted molar refractivity (Wildman–Crippen MR) is 82.3 cm³/mol. The number of hydrogen-bond donors (Lipinski definition) is 2. The van der Waals surface area contributed by atoms with Crippen LogP contribution < -0.4 is 15.8 Å². The molecule has 0 unspecified atom stereocenters. The van der Waals surface area contributed by atoms with E-state index in [4.69, 9.17) is 10.5 Å². The number of benzene rings is 2. The lowest BCUT2D eigenvalue weighted by molar-refractivity contribution is 0.417. The summed E-state index contributed by atoms with van der Waals surface area (Å²) in [5.74, 6) is 0.607. The van der Waals surface area contributed by atoms with Crippen molar-refractivity contribution in [2.75, 3.05) is 25.2 Å². The summed E-state index contributed by atoms with van der Waals surface area (Å²) in [6.07, 6.45) is 0. The normalized spacial score (nSPS) is 10.8. The summed E-state index contributed by atoms with van der Waals surface area (Å²) in [6.45, 7) is 1.94. The molecule has 0 aliphatic carbocycles. The molecule has 2 aromatic rings. The fourth-order valence-corrected chi connectivity index (χ4v) is 1.79. The van der Waals surface area contributed by atoms with Crippen molar-refractivity contribution >= 4 is 22.7 Å². The van der Waals surface area contributed by atoms with Gasteiger partial charge in [-0.15, -0.1) is 0 Å². The lowest BCUT2D eigenvalue weighted by Gasteiger charge is -2.07. The molecule has 2 rings (SSSR count). The zero-order valence-corrected chi connectivity index (χ0v) is 11.8. The van der Waals surface area contributed by atoms with Gasteiger partial charge in [0, 0.05) is 18.8 Å². The van der Waals surface area contributed by atoms with E-state index in [9.17, 15) is 0 Å². The molecule has 0 aliphatic rings. The van der Waals surface area contributed by atoms with Gasteiger partial charge in [-0.2, -0.15) is 10.2 Å². The fourth-order valence-electron chi connectivity index (χ4n) is 1.79. The summed E-state index contributed by atoms with van der Waals surface area (Å²) in [5, 5.41) is 11.5. The van der Waals surface area contributed by atoms with E-state index in [1.54, 1.807) is 13.2 Å². The Hall–Kier alpha value is -2.56. The average Bonchev–Trinajstić information content (AvgIpc) is 2.47. The first kappa shape index (κ1) is 13.9. The van der Waals surface area contributed by atoms with Crippen molar-refractivity contribution in [1.29, 1.82) is 0 Å². The number of anilines is 2. The molecule has 2 aromatic carbocycles. The first-order valence-electron chi connectivity index (χ1n) is 6.27. The van der Waals surface area contributed by atoms with Crippen LogP contribution in [0, 0.1) is 6.92 Å². The topological polar surface area (TPSA) is 72.0 Å². The van der Waals surface area contributed by atoms with Crippen LogP contribution in [0.2, 0.25) is 0 Å². The first-order valence-corrected chi connectivity index (χ1v) is 6.27. The molecule has 0 spiro atoms. The smallest absolute Gasteiger partial charge is 0.143 e. The molecule has 5 nitrogen and oxygen atoms in total. The van der Waals surface area contributed by atoms with Crippen molar-refractivity contribution in [3.63, 3.8) is 0 Å². The van der Waals surface area contributed by atoms with E-state index in [0.717, 1.165) is 22.6 Å². The maximum Gasteiger partial charge on any atom is 0.143 e. The van der Waals surface area contributed by atoms with Crippen molar-refractivity contribution in [1.82, 2.24) is 0 Å². The summed E-state index contributed by atoms with van der Waals surface area (Å²) in [5.41, 5.74) is 9.96. The number of nitrogens with two attached hydrogens (primary N) is 1. The molecule has 0 amide bonds. The standard InChI is InChI=1S/C15H18N4O/c1-10-8-13(16)15(20-3)9-14(10)19-18-12-6-4-11(17-2)5-7-12/h4-9,17H,16H2,1-3H3. The third kappa shape index (κ3) is 3.06. The second-order valence-electron chi connectivity index (χ2n) is 4.38. The lowest BCUT2D eigenvalue weighted by atomic mass is 10.1. The highest BCUT2D eigenvalue weighted by Gasteiger charge is 2.04. The Kier molecular flexibility index (Phi) is 4.20. The first-order chi connectivity index (χ1) is 9.63. The zero-order chi connectivity index (χ0) is 14.5. The lowest BCUT2D eigenvalue weighted by Crippen LogP contribution is -1.92. The van der Waals surface area contributed by atoms with Crippen LogP contribution in [0.4, 0.5) is 22.7 Å². The van der Waals surface area contributed by atoms with Crippen LogP contribution in [0.5, 0.6) is 5.75 Å². The van der Waals surface area contributed by atoms with E-state index in [-0.39, 0.29) is 0 Å². The summed E-state index contributed by atoms with van der Waals surface area (Å²) in [7, 11) is 3.46. The molecule has 0 fully saturated rings. The van der Waals surface area contributed by atoms with Gasteiger partial charge in [0.15, 0.2) is 0 Å². The van der Waals surface area contributed by atoms with E-state index >= 15 is 0 Å². The molecule has 0 heterocycles. The van der Waals surface area contributed by atoms with E-state index in [1.807, 2.05) is 44.3 Å². The Morgan fingerprint density at radius 3 is 2.40 bits per heavy atom. The minimum Gasteiger partial charge on any atom is -0.495 e. The molecule has 0 bridgehead atoms. The van der Waals surface area contributed by atoms with Crippen molar-refractivity contribution < 1.29 is 4.74 Å². The van der Waals surface area contributed by atoms with Gasteiger partial charge in [-0.1, -0.05) is 0 Å². The van der Waals surface area contributed by atoms with Gasteiger partial charge in [-0.3, -0.25) is 0 Å². The van der Waals surface area contributed by atoms with Gasteiger partial charge in [0.05, 0.1) is 24.2 Å². The average molecular weight is 270 g/mol. The second-order valence-corrected chi connectivity index (χ2v) is 4.38. The number of nitrogens with one attached hydrogen (secondary N) is 1. The molecule has 0 saturated carbocycles. The zero-order valence-electron chi connectivity index (χ0n) is 11.8. The molecule has 0 radical (unpaired) electrons. The van der Waals surface area contributed by atoms with Crippen molar-refractivity contribution in [3.05, 3.63) is 42.0 Å². The number of rotatable bonds is 4. The van der Waals surface area contributed by atoms with Gasteiger partial charge in [-0.05, 0) is 42.8 Å². The monoisotopic (exact) mass is 270 g/mol. The van der Waals surface area contributed by atoms with Crippen LogP contribution >= 0.6 is 0 Å².